The second-order valence-electron chi connectivity index (χ2n) is 3.52. The lowest BCUT2D eigenvalue weighted by molar-refractivity contribution is 0.0850. The van der Waals surface area contributed by atoms with Crippen molar-refractivity contribution in [3.05, 3.63) is 0 Å². The molecule has 1 aliphatic rings. The van der Waals surface area contributed by atoms with Crippen molar-refractivity contribution in [3.63, 3.8) is 0 Å². The zero-order valence-corrected chi connectivity index (χ0v) is 7.33. The van der Waals surface area contributed by atoms with Gasteiger partial charge in [0.1, 0.15) is 0 Å². The molecule has 1 rings (SSSR count). The minimum Gasteiger partial charge on any atom is -0.392 e. The number of nitrogens with zero attached hydrogens (tertiary/aromatic N) is 1. The maximum atomic E-state index is 9.29. The first kappa shape index (κ1) is 8.97. The first-order chi connectivity index (χ1) is 5.11. The van der Waals surface area contributed by atoms with Crippen LogP contribution in [0.25, 0.3) is 0 Å². The van der Waals surface area contributed by atoms with Crippen molar-refractivity contribution in [1.29, 1.82) is 0 Å². The van der Waals surface area contributed by atoms with Crippen molar-refractivity contribution in [2.24, 2.45) is 5.73 Å². The monoisotopic (exact) mass is 158 g/mol. The number of nitrogens with two attached hydrogens (primary N) is 1. The van der Waals surface area contributed by atoms with E-state index in [0.29, 0.717) is 6.04 Å². The molecule has 2 unspecified atom stereocenters. The summed E-state index contributed by atoms with van der Waals surface area (Å²) in [5, 5.41) is 9.29. The Kier molecular flexibility index (Phi) is 2.87. The van der Waals surface area contributed by atoms with Crippen LogP contribution in [0, 0.1) is 0 Å². The summed E-state index contributed by atoms with van der Waals surface area (Å²) in [5.41, 5.74) is 5.74. The van der Waals surface area contributed by atoms with Crippen molar-refractivity contribution < 1.29 is 5.11 Å². The average molecular weight is 158 g/mol. The molecule has 0 aliphatic carbocycles. The van der Waals surface area contributed by atoms with Crippen LogP contribution in [-0.2, 0) is 0 Å². The maximum Gasteiger partial charge on any atom is 0.0664 e. The van der Waals surface area contributed by atoms with Crippen LogP contribution in [0.3, 0.4) is 0 Å². The third-order valence-corrected chi connectivity index (χ3v) is 2.53. The van der Waals surface area contributed by atoms with Gasteiger partial charge in [-0.2, -0.15) is 0 Å². The molecule has 0 saturated carbocycles. The number of hydrogen-bond acceptors (Lipinski definition) is 3. The van der Waals surface area contributed by atoms with E-state index >= 15 is 0 Å². The highest BCUT2D eigenvalue weighted by molar-refractivity contribution is 4.83. The molecule has 0 aromatic carbocycles. The van der Waals surface area contributed by atoms with Gasteiger partial charge in [0.15, 0.2) is 0 Å². The fraction of sp³-hybridized carbons (Fsp3) is 1.00. The van der Waals surface area contributed by atoms with Gasteiger partial charge in [-0.3, -0.25) is 4.90 Å². The smallest absolute Gasteiger partial charge is 0.0664 e. The van der Waals surface area contributed by atoms with Crippen molar-refractivity contribution in [2.75, 3.05) is 13.1 Å². The first-order valence-corrected chi connectivity index (χ1v) is 4.29. The van der Waals surface area contributed by atoms with Gasteiger partial charge >= 0.3 is 0 Å². The fourth-order valence-corrected chi connectivity index (χ4v) is 1.49. The second-order valence-corrected chi connectivity index (χ2v) is 3.52. The Morgan fingerprint density at radius 3 is 2.55 bits per heavy atom. The van der Waals surface area contributed by atoms with Crippen LogP contribution in [-0.4, -0.2) is 41.3 Å². The van der Waals surface area contributed by atoms with Crippen LogP contribution in [0.1, 0.15) is 20.3 Å². The summed E-state index contributed by atoms with van der Waals surface area (Å²) in [4.78, 5) is 2.25. The van der Waals surface area contributed by atoms with Gasteiger partial charge in [-0.1, -0.05) is 0 Å². The van der Waals surface area contributed by atoms with Crippen LogP contribution in [0.15, 0.2) is 0 Å². The normalized spacial score (nSPS) is 32.2. The first-order valence-electron chi connectivity index (χ1n) is 4.29. The highest BCUT2D eigenvalue weighted by Crippen LogP contribution is 2.12. The molecule has 3 heteroatoms. The Balaban J connectivity index is 2.36. The fourth-order valence-electron chi connectivity index (χ4n) is 1.49. The predicted molar refractivity (Wildman–Crippen MR) is 45.3 cm³/mol. The molecule has 3 atom stereocenters. The molecule has 11 heavy (non-hydrogen) atoms. The summed E-state index contributed by atoms with van der Waals surface area (Å²) >= 11 is 0. The Bertz CT molecular complexity index is 127. The zero-order chi connectivity index (χ0) is 8.43. The molecule has 0 radical (unpaired) electrons. The second kappa shape index (κ2) is 3.52. The molecular weight excluding hydrogens is 140 g/mol. The van der Waals surface area contributed by atoms with Gasteiger partial charge in [-0.25, -0.2) is 0 Å². The van der Waals surface area contributed by atoms with E-state index in [2.05, 4.69) is 4.90 Å². The molecular formula is C8H18N2O. The molecule has 1 aliphatic heterocycles. The van der Waals surface area contributed by atoms with E-state index < -0.39 is 0 Å². The predicted octanol–water partition coefficient (Wildman–Crippen LogP) is -0.211. The van der Waals surface area contributed by atoms with Crippen molar-refractivity contribution in [3.8, 4) is 0 Å². The van der Waals surface area contributed by atoms with E-state index in [0.717, 1.165) is 19.5 Å². The topological polar surface area (TPSA) is 49.5 Å². The molecule has 0 bridgehead atoms. The zero-order valence-electron chi connectivity index (χ0n) is 7.33. The summed E-state index contributed by atoms with van der Waals surface area (Å²) in [7, 11) is 0. The highest BCUT2D eigenvalue weighted by atomic mass is 16.3. The number of hydrogen-bond donors (Lipinski definition) is 2. The molecule has 1 fully saturated rings. The quantitative estimate of drug-likeness (QED) is 0.584. The Morgan fingerprint density at radius 2 is 2.18 bits per heavy atom. The van der Waals surface area contributed by atoms with Gasteiger partial charge in [0, 0.05) is 25.2 Å². The van der Waals surface area contributed by atoms with E-state index in [4.69, 9.17) is 5.73 Å². The molecule has 0 amide bonds. The number of rotatable bonds is 2. The number of aliphatic hydroxyl groups excluding tert-OH is 1. The van der Waals surface area contributed by atoms with Crippen molar-refractivity contribution in [1.82, 2.24) is 4.90 Å². The lowest BCUT2D eigenvalue weighted by Gasteiger charge is -2.26. The molecule has 0 aromatic rings. The molecule has 3 N–H and O–H groups in total. The van der Waals surface area contributed by atoms with Gasteiger partial charge in [0.2, 0.25) is 0 Å². The van der Waals surface area contributed by atoms with Crippen LogP contribution < -0.4 is 5.73 Å². The van der Waals surface area contributed by atoms with E-state index in [1.807, 2.05) is 13.8 Å². The van der Waals surface area contributed by atoms with Gasteiger partial charge in [-0.05, 0) is 20.3 Å². The average Bonchev–Trinajstić information content (AvgIpc) is 2.34. The van der Waals surface area contributed by atoms with Crippen LogP contribution in [0.5, 0.6) is 0 Å². The third kappa shape index (κ3) is 2.15. The van der Waals surface area contributed by atoms with E-state index in [9.17, 15) is 5.11 Å². The molecule has 66 valence electrons. The minimum atomic E-state index is -0.250. The van der Waals surface area contributed by atoms with E-state index in [-0.39, 0.29) is 12.1 Å². The molecule has 1 saturated heterocycles. The Morgan fingerprint density at radius 1 is 1.55 bits per heavy atom. The van der Waals surface area contributed by atoms with Crippen LogP contribution in [0.4, 0.5) is 0 Å². The molecule has 3 nitrogen and oxygen atoms in total. The Labute approximate surface area is 68.2 Å². The van der Waals surface area contributed by atoms with Crippen molar-refractivity contribution in [2.45, 2.75) is 38.5 Å². The largest absolute Gasteiger partial charge is 0.392 e. The van der Waals surface area contributed by atoms with E-state index in [1.54, 1.807) is 0 Å². The molecule has 0 spiro atoms. The Hall–Kier alpha value is -0.120. The summed E-state index contributed by atoms with van der Waals surface area (Å²) in [6.07, 6.45) is 0.817. The number of aliphatic hydroxyl groups is 1. The van der Waals surface area contributed by atoms with Crippen LogP contribution >= 0.6 is 0 Å². The summed E-state index contributed by atoms with van der Waals surface area (Å²) in [6.45, 7) is 5.84. The van der Waals surface area contributed by atoms with Gasteiger partial charge in [-0.15, -0.1) is 0 Å². The third-order valence-electron chi connectivity index (χ3n) is 2.53. The maximum absolute atomic E-state index is 9.29. The van der Waals surface area contributed by atoms with Gasteiger partial charge < -0.3 is 10.8 Å². The number of likely N-dealkylation sites (tertiary alicyclic amines) is 1. The molecule has 0 aromatic heterocycles. The molecule has 1 heterocycles. The summed E-state index contributed by atoms with van der Waals surface area (Å²) in [6, 6.07) is 0.569. The summed E-state index contributed by atoms with van der Waals surface area (Å²) in [5.74, 6) is 0. The van der Waals surface area contributed by atoms with Gasteiger partial charge in [0.25, 0.3) is 0 Å². The lowest BCUT2D eigenvalue weighted by Crippen LogP contribution is -2.40. The van der Waals surface area contributed by atoms with Crippen molar-refractivity contribution >= 4 is 0 Å². The van der Waals surface area contributed by atoms with E-state index in [1.165, 1.54) is 0 Å². The highest BCUT2D eigenvalue weighted by Gasteiger charge is 2.25. The summed E-state index contributed by atoms with van der Waals surface area (Å²) < 4.78 is 0. The van der Waals surface area contributed by atoms with Crippen LogP contribution in [0.2, 0.25) is 0 Å². The SMILES string of the molecule is CC(O)C(C)N1CC[C@@H](N)C1. The standard InChI is InChI=1S/C8H18N2O/c1-6(7(2)11)10-4-3-8(9)5-10/h6-8,11H,3-5,9H2,1-2H3/t6?,7?,8-/m1/s1. The van der Waals surface area contributed by atoms with Gasteiger partial charge in [0.05, 0.1) is 6.10 Å². The minimum absolute atomic E-state index is 0.250. The lowest BCUT2D eigenvalue weighted by atomic mass is 10.2.